The number of hydrogen-bond donors (Lipinski definition) is 2. The summed E-state index contributed by atoms with van der Waals surface area (Å²) in [7, 11) is 2.04. The number of H-pyrrole nitrogens is 1. The number of carbonyl (C=O) groups is 2. The van der Waals surface area contributed by atoms with Crippen LogP contribution in [-0.2, 0) is 4.79 Å². The second-order valence-electron chi connectivity index (χ2n) is 11.5. The molecule has 0 spiro atoms. The molecule has 9 heteroatoms. The van der Waals surface area contributed by atoms with Crippen LogP contribution in [0.25, 0.3) is 11.3 Å². The Morgan fingerprint density at radius 1 is 0.925 bits per heavy atom. The zero-order chi connectivity index (χ0) is 27.6. The third-order valence-electron chi connectivity index (χ3n) is 8.64. The lowest BCUT2D eigenvalue weighted by atomic mass is 10.1. The molecule has 0 radical (unpaired) electrons. The first-order chi connectivity index (χ1) is 19.5. The molecule has 0 bridgehead atoms. The Labute approximate surface area is 234 Å². The Balaban J connectivity index is 1.10. The monoisotopic (exact) mass is 542 g/mol. The summed E-state index contributed by atoms with van der Waals surface area (Å²) in [6.45, 7) is 2.91. The number of rotatable bonds is 6. The molecule has 3 fully saturated rings. The molecule has 210 valence electrons. The van der Waals surface area contributed by atoms with Gasteiger partial charge in [0.05, 0.1) is 11.7 Å². The number of imidazole rings is 1. The highest BCUT2D eigenvalue weighted by Gasteiger charge is 2.38. The van der Waals surface area contributed by atoms with Gasteiger partial charge in [-0.1, -0.05) is 60.7 Å². The Morgan fingerprint density at radius 2 is 1.60 bits per heavy atom. The number of hydrogen-bond acceptors (Lipinski definition) is 4. The second kappa shape index (κ2) is 11.3. The molecule has 6 rings (SSSR count). The van der Waals surface area contributed by atoms with Gasteiger partial charge in [0.25, 0.3) is 0 Å². The van der Waals surface area contributed by atoms with Crippen LogP contribution in [0.2, 0.25) is 0 Å². The van der Waals surface area contributed by atoms with Gasteiger partial charge in [0.1, 0.15) is 6.04 Å². The van der Waals surface area contributed by atoms with Crippen LogP contribution in [0, 0.1) is 5.92 Å². The van der Waals surface area contributed by atoms with Crippen LogP contribution in [0.4, 0.5) is 4.79 Å². The maximum atomic E-state index is 13.7. The number of aromatic amines is 1. The second-order valence-corrected chi connectivity index (χ2v) is 11.5. The van der Waals surface area contributed by atoms with Gasteiger partial charge < -0.3 is 20.1 Å². The van der Waals surface area contributed by atoms with Crippen molar-refractivity contribution in [2.24, 2.45) is 5.92 Å². The topological polar surface area (TPSA) is 93.7 Å². The first kappa shape index (κ1) is 26.4. The van der Waals surface area contributed by atoms with Crippen LogP contribution in [0.15, 0.2) is 71.7 Å². The molecule has 3 aromatic rings. The van der Waals surface area contributed by atoms with Crippen molar-refractivity contribution in [2.45, 2.75) is 43.8 Å². The Morgan fingerprint density at radius 3 is 2.27 bits per heavy atom. The molecular weight excluding hydrogens is 504 g/mol. The molecule has 3 amide bonds. The number of carbonyl (C=O) groups excluding carboxylic acids is 2. The summed E-state index contributed by atoms with van der Waals surface area (Å²) in [5.74, 6) is 0.575. The van der Waals surface area contributed by atoms with Gasteiger partial charge in [-0.15, -0.1) is 0 Å². The van der Waals surface area contributed by atoms with Crippen LogP contribution in [0.5, 0.6) is 0 Å². The van der Waals surface area contributed by atoms with E-state index < -0.39 is 6.04 Å². The lowest BCUT2D eigenvalue weighted by Gasteiger charge is -2.33. The van der Waals surface area contributed by atoms with E-state index in [1.165, 1.54) is 18.4 Å². The minimum atomic E-state index is -0.594. The molecule has 3 heterocycles. The van der Waals surface area contributed by atoms with Gasteiger partial charge in [-0.3, -0.25) is 14.3 Å². The number of benzene rings is 2. The lowest BCUT2D eigenvalue weighted by Crippen LogP contribution is -2.55. The molecule has 2 N–H and O–H groups in total. The summed E-state index contributed by atoms with van der Waals surface area (Å²) in [5, 5.41) is 3.08. The van der Waals surface area contributed by atoms with Crippen molar-refractivity contribution < 1.29 is 9.59 Å². The number of nitrogens with zero attached hydrogens (tertiary/aromatic N) is 4. The lowest BCUT2D eigenvalue weighted by molar-refractivity contribution is -0.132. The first-order valence-electron chi connectivity index (χ1n) is 14.4. The number of nitrogens with one attached hydrogen (secondary N) is 2. The average Bonchev–Trinajstić information content (AvgIpc) is 3.74. The summed E-state index contributed by atoms with van der Waals surface area (Å²) in [6, 6.07) is 19.4. The molecule has 2 aromatic carbocycles. The molecule has 2 saturated heterocycles. The predicted molar refractivity (Wildman–Crippen MR) is 154 cm³/mol. The third kappa shape index (κ3) is 5.70. The molecule has 40 heavy (non-hydrogen) atoms. The van der Waals surface area contributed by atoms with E-state index in [0.29, 0.717) is 44.9 Å². The number of amides is 3. The maximum Gasteiger partial charge on any atom is 0.326 e. The van der Waals surface area contributed by atoms with Gasteiger partial charge in [-0.05, 0) is 49.8 Å². The summed E-state index contributed by atoms with van der Waals surface area (Å²) >= 11 is 0. The molecule has 1 aliphatic carbocycles. The fraction of sp³-hybridized carbons (Fsp3) is 0.452. The largest absolute Gasteiger partial charge is 0.339 e. The highest BCUT2D eigenvalue weighted by Crippen LogP contribution is 2.32. The van der Waals surface area contributed by atoms with Crippen molar-refractivity contribution in [1.29, 1.82) is 0 Å². The summed E-state index contributed by atoms with van der Waals surface area (Å²) in [6.07, 6.45) is 5.58. The van der Waals surface area contributed by atoms with Gasteiger partial charge in [0.2, 0.25) is 5.91 Å². The van der Waals surface area contributed by atoms with Crippen LogP contribution < -0.4 is 11.0 Å². The molecule has 1 aromatic heterocycles. The third-order valence-corrected chi connectivity index (χ3v) is 8.64. The SMILES string of the molecule is CN1C[C@@H](NC(=O)N2CCC(n3cc(-c4ccccc4)[nH]c3=O)CC2)C(=O)N(CC2CC2)C[C@@H]1c1ccccc1. The Hall–Kier alpha value is -3.85. The van der Waals surface area contributed by atoms with E-state index >= 15 is 0 Å². The van der Waals surface area contributed by atoms with Crippen molar-refractivity contribution in [3.8, 4) is 11.3 Å². The normalized spacial score (nSPS) is 22.8. The minimum absolute atomic E-state index is 0.00716. The fourth-order valence-electron chi connectivity index (χ4n) is 6.10. The van der Waals surface area contributed by atoms with Gasteiger partial charge >= 0.3 is 11.7 Å². The van der Waals surface area contributed by atoms with Gasteiger partial charge in [0.15, 0.2) is 0 Å². The number of likely N-dealkylation sites (N-methyl/N-ethyl adjacent to an activating group) is 1. The van der Waals surface area contributed by atoms with Crippen molar-refractivity contribution in [3.63, 3.8) is 0 Å². The van der Waals surface area contributed by atoms with Crippen molar-refractivity contribution >= 4 is 11.9 Å². The maximum absolute atomic E-state index is 13.7. The van der Waals surface area contributed by atoms with E-state index in [-0.39, 0.29) is 29.7 Å². The Kier molecular flexibility index (Phi) is 7.47. The van der Waals surface area contributed by atoms with E-state index in [2.05, 4.69) is 27.3 Å². The quantitative estimate of drug-likeness (QED) is 0.499. The van der Waals surface area contributed by atoms with E-state index in [0.717, 1.165) is 17.8 Å². The molecule has 1 saturated carbocycles. The number of aromatic nitrogens is 2. The molecule has 0 unspecified atom stereocenters. The molecule has 9 nitrogen and oxygen atoms in total. The van der Waals surface area contributed by atoms with Gasteiger partial charge in [-0.2, -0.15) is 0 Å². The first-order valence-corrected chi connectivity index (χ1v) is 14.4. The van der Waals surface area contributed by atoms with E-state index in [1.54, 1.807) is 9.47 Å². The summed E-state index contributed by atoms with van der Waals surface area (Å²) < 4.78 is 1.76. The van der Waals surface area contributed by atoms with Crippen LogP contribution in [-0.4, -0.2) is 82.0 Å². The molecule has 2 aliphatic heterocycles. The van der Waals surface area contributed by atoms with E-state index in [1.807, 2.05) is 66.7 Å². The summed E-state index contributed by atoms with van der Waals surface area (Å²) in [4.78, 5) is 48.7. The minimum Gasteiger partial charge on any atom is -0.339 e. The van der Waals surface area contributed by atoms with Gasteiger partial charge in [0, 0.05) is 45.0 Å². The molecule has 2 atom stereocenters. The van der Waals surface area contributed by atoms with Crippen LogP contribution in [0.3, 0.4) is 0 Å². The number of likely N-dealkylation sites (tertiary alicyclic amines) is 1. The highest BCUT2D eigenvalue weighted by molar-refractivity contribution is 5.87. The smallest absolute Gasteiger partial charge is 0.326 e. The zero-order valence-electron chi connectivity index (χ0n) is 23.0. The highest BCUT2D eigenvalue weighted by atomic mass is 16.2. The number of urea groups is 1. The molecular formula is C31H38N6O3. The zero-order valence-corrected chi connectivity index (χ0v) is 23.0. The van der Waals surface area contributed by atoms with Crippen molar-refractivity contribution in [2.75, 3.05) is 39.8 Å². The van der Waals surface area contributed by atoms with Crippen molar-refractivity contribution in [3.05, 3.63) is 82.9 Å². The van der Waals surface area contributed by atoms with Crippen molar-refractivity contribution in [1.82, 2.24) is 29.6 Å². The standard InChI is InChI=1S/C31H38N6O3/c1-34-19-27(29(38)36(18-22-12-13-22)21-28(34)24-10-6-3-7-11-24)33-30(39)35-16-14-25(15-17-35)37-20-26(32-31(37)40)23-8-4-2-5-9-23/h2-11,20,22,25,27-28H,12-19,21H2,1H3,(H,32,40)(H,33,39)/t27-,28-/m1/s1. The van der Waals surface area contributed by atoms with E-state index in [9.17, 15) is 14.4 Å². The fourth-order valence-corrected chi connectivity index (χ4v) is 6.10. The predicted octanol–water partition coefficient (Wildman–Crippen LogP) is 3.48. The number of piperidine rings is 1. The molecule has 3 aliphatic rings. The van der Waals surface area contributed by atoms with Gasteiger partial charge in [-0.25, -0.2) is 9.59 Å². The Bertz CT molecular complexity index is 1370. The average molecular weight is 543 g/mol. The summed E-state index contributed by atoms with van der Waals surface area (Å²) in [5.41, 5.74) is 2.82. The van der Waals surface area contributed by atoms with Crippen LogP contribution in [0.1, 0.15) is 43.3 Å². The van der Waals surface area contributed by atoms with Crippen LogP contribution >= 0.6 is 0 Å². The van der Waals surface area contributed by atoms with E-state index in [4.69, 9.17) is 0 Å².